The van der Waals surface area contributed by atoms with Crippen LogP contribution in [0.5, 0.6) is 0 Å². The van der Waals surface area contributed by atoms with Crippen molar-refractivity contribution in [2.24, 2.45) is 0 Å². The molecule has 0 radical (unpaired) electrons. The highest BCUT2D eigenvalue weighted by atomic mass is 79.9. The molecule has 1 aromatic carbocycles. The monoisotopic (exact) mass is 446 g/mol. The van der Waals surface area contributed by atoms with E-state index in [1.807, 2.05) is 38.1 Å². The fourth-order valence-electron chi connectivity index (χ4n) is 2.66. The van der Waals surface area contributed by atoms with E-state index in [0.717, 1.165) is 22.0 Å². The molecule has 2 heterocycles. The third kappa shape index (κ3) is 5.08. The zero-order valence-corrected chi connectivity index (χ0v) is 17.3. The Morgan fingerprint density at radius 3 is 2.59 bits per heavy atom. The molecule has 3 aromatic rings. The second-order valence-electron chi connectivity index (χ2n) is 6.26. The molecular weight excluding hydrogens is 428 g/mol. The Morgan fingerprint density at radius 2 is 1.93 bits per heavy atom. The van der Waals surface area contributed by atoms with Gasteiger partial charge in [-0.1, -0.05) is 28.1 Å². The summed E-state index contributed by atoms with van der Waals surface area (Å²) in [5, 5.41) is 6.39. The molecule has 0 saturated carbocycles. The minimum absolute atomic E-state index is 0.0127. The number of carbonyl (C=O) groups excluding carboxylic acids is 2. The lowest BCUT2D eigenvalue weighted by molar-refractivity contribution is 0.0942. The largest absolute Gasteiger partial charge is 0.459 e. The Bertz CT molecular complexity index is 933. The highest BCUT2D eigenvalue weighted by molar-refractivity contribution is 9.10. The number of thiophene rings is 1. The summed E-state index contributed by atoms with van der Waals surface area (Å²) in [6, 6.07) is 13.1. The van der Waals surface area contributed by atoms with Crippen LogP contribution < -0.4 is 10.6 Å². The number of nitrogens with one attached hydrogen (secondary N) is 2. The molecule has 0 aliphatic carbocycles. The smallest absolute Gasteiger partial charge is 0.291 e. The van der Waals surface area contributed by atoms with Gasteiger partial charge in [-0.05, 0) is 61.7 Å². The summed E-state index contributed by atoms with van der Waals surface area (Å²) in [5.74, 6) is -0.243. The number of hydrogen-bond acceptors (Lipinski definition) is 4. The molecule has 2 N–H and O–H groups in total. The average molecular weight is 447 g/mol. The summed E-state index contributed by atoms with van der Waals surface area (Å²) in [6.07, 6.45) is 2.19. The van der Waals surface area contributed by atoms with Crippen molar-refractivity contribution in [3.8, 4) is 0 Å². The number of amides is 2. The number of furan rings is 1. The van der Waals surface area contributed by atoms with E-state index in [1.165, 1.54) is 17.6 Å². The lowest BCUT2D eigenvalue weighted by atomic mass is 10.1. The van der Waals surface area contributed by atoms with Gasteiger partial charge in [-0.3, -0.25) is 9.59 Å². The van der Waals surface area contributed by atoms with Crippen LogP contribution in [0.2, 0.25) is 0 Å². The van der Waals surface area contributed by atoms with Crippen LogP contribution in [-0.4, -0.2) is 17.9 Å². The Morgan fingerprint density at radius 1 is 1.19 bits per heavy atom. The molecule has 140 valence electrons. The van der Waals surface area contributed by atoms with Crippen molar-refractivity contribution in [2.45, 2.75) is 26.3 Å². The van der Waals surface area contributed by atoms with Crippen molar-refractivity contribution in [3.63, 3.8) is 0 Å². The number of benzene rings is 1. The van der Waals surface area contributed by atoms with Crippen LogP contribution in [0, 0.1) is 6.92 Å². The fourth-order valence-corrected chi connectivity index (χ4v) is 3.90. The Labute approximate surface area is 169 Å². The van der Waals surface area contributed by atoms with Crippen LogP contribution in [0.25, 0.3) is 0 Å². The predicted octanol–water partition coefficient (Wildman–Crippen LogP) is 5.03. The quantitative estimate of drug-likeness (QED) is 0.557. The number of hydrogen-bond donors (Lipinski definition) is 2. The van der Waals surface area contributed by atoms with E-state index in [4.69, 9.17) is 4.42 Å². The Balaban J connectivity index is 1.61. The molecule has 0 aliphatic rings. The number of aryl methyl sites for hydroxylation is 1. The maximum atomic E-state index is 12.6. The molecule has 3 rings (SSSR count). The third-order valence-electron chi connectivity index (χ3n) is 3.94. The zero-order chi connectivity index (χ0) is 19.4. The first-order chi connectivity index (χ1) is 12.9. The topological polar surface area (TPSA) is 71.3 Å². The first-order valence-electron chi connectivity index (χ1n) is 8.43. The van der Waals surface area contributed by atoms with E-state index in [0.29, 0.717) is 9.88 Å². The van der Waals surface area contributed by atoms with Crippen molar-refractivity contribution < 1.29 is 14.0 Å². The maximum Gasteiger partial charge on any atom is 0.291 e. The van der Waals surface area contributed by atoms with Crippen molar-refractivity contribution in [1.29, 1.82) is 0 Å². The SMILES string of the molecule is Cc1cc(NC(=O)c2ccco2)sc1C(=O)NC(C)Cc1ccc(Br)cc1. The third-order valence-corrected chi connectivity index (χ3v) is 5.62. The molecule has 0 fully saturated rings. The average Bonchev–Trinajstić information content (AvgIpc) is 3.26. The van der Waals surface area contributed by atoms with Crippen LogP contribution in [0.1, 0.15) is 38.3 Å². The van der Waals surface area contributed by atoms with Crippen molar-refractivity contribution in [2.75, 3.05) is 5.32 Å². The molecule has 2 amide bonds. The first kappa shape index (κ1) is 19.4. The number of rotatable bonds is 6. The van der Waals surface area contributed by atoms with Gasteiger partial charge in [0.05, 0.1) is 16.1 Å². The Hall–Kier alpha value is -2.38. The maximum absolute atomic E-state index is 12.6. The summed E-state index contributed by atoms with van der Waals surface area (Å²) in [6.45, 7) is 3.83. The van der Waals surface area contributed by atoms with E-state index < -0.39 is 0 Å². The van der Waals surface area contributed by atoms with Gasteiger partial charge in [-0.15, -0.1) is 11.3 Å². The van der Waals surface area contributed by atoms with Crippen LogP contribution >= 0.6 is 27.3 Å². The molecule has 1 atom stereocenters. The van der Waals surface area contributed by atoms with Gasteiger partial charge in [-0.25, -0.2) is 0 Å². The van der Waals surface area contributed by atoms with Crippen LogP contribution in [0.4, 0.5) is 5.00 Å². The van der Waals surface area contributed by atoms with E-state index in [-0.39, 0.29) is 23.6 Å². The van der Waals surface area contributed by atoms with Crippen LogP contribution in [-0.2, 0) is 6.42 Å². The molecule has 0 saturated heterocycles. The van der Waals surface area contributed by atoms with E-state index in [1.54, 1.807) is 18.2 Å². The normalized spacial score (nSPS) is 11.8. The Kier molecular flexibility index (Phi) is 6.13. The standard InChI is InChI=1S/C20H19BrN2O3S/c1-12-10-17(23-19(24)16-4-3-9-26-16)27-18(12)20(25)22-13(2)11-14-5-7-15(21)8-6-14/h3-10,13H,11H2,1-2H3,(H,22,25)(H,23,24). The molecule has 0 spiro atoms. The van der Waals surface area contributed by atoms with E-state index in [2.05, 4.69) is 26.6 Å². The van der Waals surface area contributed by atoms with Gasteiger partial charge in [0.25, 0.3) is 11.8 Å². The van der Waals surface area contributed by atoms with Crippen LogP contribution in [0.3, 0.4) is 0 Å². The molecule has 2 aromatic heterocycles. The molecule has 27 heavy (non-hydrogen) atoms. The van der Waals surface area contributed by atoms with Gasteiger partial charge in [0.2, 0.25) is 0 Å². The van der Waals surface area contributed by atoms with Gasteiger partial charge in [0.15, 0.2) is 5.76 Å². The second-order valence-corrected chi connectivity index (χ2v) is 8.23. The number of halogens is 1. The highest BCUT2D eigenvalue weighted by Crippen LogP contribution is 2.27. The van der Waals surface area contributed by atoms with Crippen LogP contribution in [0.15, 0.2) is 57.6 Å². The zero-order valence-electron chi connectivity index (χ0n) is 14.9. The molecule has 5 nitrogen and oxygen atoms in total. The minimum Gasteiger partial charge on any atom is -0.459 e. The predicted molar refractivity (Wildman–Crippen MR) is 110 cm³/mol. The minimum atomic E-state index is -0.336. The highest BCUT2D eigenvalue weighted by Gasteiger charge is 2.18. The van der Waals surface area contributed by atoms with Gasteiger partial charge >= 0.3 is 0 Å². The van der Waals surface area contributed by atoms with Crippen molar-refractivity contribution in [1.82, 2.24) is 5.32 Å². The molecule has 0 bridgehead atoms. The summed E-state index contributed by atoms with van der Waals surface area (Å²) >= 11 is 4.67. The van der Waals surface area contributed by atoms with Gasteiger partial charge in [0.1, 0.15) is 0 Å². The summed E-state index contributed by atoms with van der Waals surface area (Å²) < 4.78 is 6.11. The second kappa shape index (κ2) is 8.54. The molecule has 7 heteroatoms. The van der Waals surface area contributed by atoms with E-state index >= 15 is 0 Å². The number of anilines is 1. The van der Waals surface area contributed by atoms with E-state index in [9.17, 15) is 9.59 Å². The van der Waals surface area contributed by atoms with Crippen molar-refractivity contribution in [3.05, 3.63) is 75.0 Å². The summed E-state index contributed by atoms with van der Waals surface area (Å²) in [4.78, 5) is 25.3. The van der Waals surface area contributed by atoms with Crippen molar-refractivity contribution >= 4 is 44.1 Å². The number of carbonyl (C=O) groups is 2. The fraction of sp³-hybridized carbons (Fsp3) is 0.200. The van der Waals surface area contributed by atoms with Gasteiger partial charge in [0, 0.05) is 10.5 Å². The van der Waals surface area contributed by atoms with Gasteiger partial charge < -0.3 is 15.1 Å². The molecule has 1 unspecified atom stereocenters. The van der Waals surface area contributed by atoms with Gasteiger partial charge in [-0.2, -0.15) is 0 Å². The summed E-state index contributed by atoms with van der Waals surface area (Å²) in [5.41, 5.74) is 1.98. The first-order valence-corrected chi connectivity index (χ1v) is 10.0. The summed E-state index contributed by atoms with van der Waals surface area (Å²) in [7, 11) is 0. The molecule has 0 aliphatic heterocycles. The lowest BCUT2D eigenvalue weighted by Gasteiger charge is -2.14. The lowest BCUT2D eigenvalue weighted by Crippen LogP contribution is -2.33. The molecular formula is C20H19BrN2O3S.